The van der Waals surface area contributed by atoms with Gasteiger partial charge in [0.25, 0.3) is 0 Å². The maximum Gasteiger partial charge on any atom is 0.228 e. The van der Waals surface area contributed by atoms with E-state index in [9.17, 15) is 4.79 Å². The van der Waals surface area contributed by atoms with E-state index in [4.69, 9.17) is 4.74 Å². The molecule has 1 amide bonds. The number of piperidine rings is 1. The first-order valence-corrected chi connectivity index (χ1v) is 12.4. The summed E-state index contributed by atoms with van der Waals surface area (Å²) in [7, 11) is 0. The molecule has 2 fully saturated rings. The molecule has 0 saturated carbocycles. The molecule has 2 aromatic rings. The Balaban J connectivity index is 1.14. The highest BCUT2D eigenvalue weighted by atomic mass is 32.1. The third kappa shape index (κ3) is 4.15. The van der Waals surface area contributed by atoms with Crippen molar-refractivity contribution < 1.29 is 9.53 Å². The fraction of sp³-hybridized carbons (Fsp3) is 0.625. The predicted octanol–water partition coefficient (Wildman–Crippen LogP) is 3.05. The van der Waals surface area contributed by atoms with Crippen LogP contribution in [0.5, 0.6) is 0 Å². The predicted molar refractivity (Wildman–Crippen MR) is 121 cm³/mol. The average molecular weight is 441 g/mol. The fourth-order valence-electron chi connectivity index (χ4n) is 5.46. The van der Waals surface area contributed by atoms with Crippen molar-refractivity contribution in [2.24, 2.45) is 5.92 Å². The fourth-order valence-corrected chi connectivity index (χ4v) is 6.63. The van der Waals surface area contributed by atoms with Crippen LogP contribution in [0.15, 0.2) is 24.7 Å². The Morgan fingerprint density at radius 1 is 1.39 bits per heavy atom. The zero-order chi connectivity index (χ0) is 21.4. The Bertz CT molecular complexity index is 927. The summed E-state index contributed by atoms with van der Waals surface area (Å²) in [6.07, 6.45) is 7.90. The van der Waals surface area contributed by atoms with E-state index in [1.165, 1.54) is 16.8 Å². The molecule has 3 aliphatic rings. The van der Waals surface area contributed by atoms with E-state index >= 15 is 0 Å². The van der Waals surface area contributed by atoms with E-state index < -0.39 is 0 Å². The van der Waals surface area contributed by atoms with E-state index in [0.29, 0.717) is 18.4 Å². The van der Waals surface area contributed by atoms with Crippen molar-refractivity contribution >= 4 is 17.2 Å². The molecule has 0 aromatic carbocycles. The first kappa shape index (κ1) is 21.0. The summed E-state index contributed by atoms with van der Waals surface area (Å²) in [6, 6.07) is 4.74. The summed E-state index contributed by atoms with van der Waals surface area (Å²) in [5, 5.41) is 0. The quantitative estimate of drug-likeness (QED) is 0.715. The van der Waals surface area contributed by atoms with Crippen LogP contribution in [-0.4, -0.2) is 64.5 Å². The summed E-state index contributed by atoms with van der Waals surface area (Å²) >= 11 is 1.99. The minimum atomic E-state index is -0.0768. The molecule has 0 bridgehead atoms. The minimum Gasteiger partial charge on any atom is -0.370 e. The lowest BCUT2D eigenvalue weighted by atomic mass is 9.79. The molecule has 166 valence electrons. The largest absolute Gasteiger partial charge is 0.370 e. The Kier molecular flexibility index (Phi) is 5.84. The topological polar surface area (TPSA) is 58.6 Å². The van der Waals surface area contributed by atoms with Crippen LogP contribution in [0.3, 0.4) is 0 Å². The van der Waals surface area contributed by atoms with E-state index in [0.717, 1.165) is 64.2 Å². The molecule has 1 spiro atoms. The summed E-state index contributed by atoms with van der Waals surface area (Å²) in [5.74, 6) is 0.745. The van der Waals surface area contributed by atoms with E-state index in [1.54, 1.807) is 11.1 Å². The lowest BCUT2D eigenvalue weighted by Crippen LogP contribution is -2.57. The Labute approximate surface area is 188 Å². The van der Waals surface area contributed by atoms with Crippen LogP contribution in [0, 0.1) is 5.92 Å². The first-order valence-electron chi connectivity index (χ1n) is 11.6. The Morgan fingerprint density at radius 3 is 3.00 bits per heavy atom. The molecule has 3 aliphatic heterocycles. The van der Waals surface area contributed by atoms with Gasteiger partial charge in [-0.2, -0.15) is 0 Å². The van der Waals surface area contributed by atoms with Crippen molar-refractivity contribution in [2.45, 2.75) is 57.6 Å². The van der Waals surface area contributed by atoms with E-state index in [1.807, 2.05) is 22.3 Å². The van der Waals surface area contributed by atoms with Crippen LogP contribution in [0.2, 0.25) is 0 Å². The van der Waals surface area contributed by atoms with Gasteiger partial charge in [-0.25, -0.2) is 9.97 Å². The molecule has 7 heteroatoms. The van der Waals surface area contributed by atoms with Crippen molar-refractivity contribution in [3.8, 4) is 0 Å². The lowest BCUT2D eigenvalue weighted by molar-refractivity contribution is -0.139. The van der Waals surface area contributed by atoms with Crippen LogP contribution >= 0.6 is 11.3 Å². The van der Waals surface area contributed by atoms with Crippen molar-refractivity contribution in [2.75, 3.05) is 32.8 Å². The van der Waals surface area contributed by atoms with Crippen LogP contribution in [0.25, 0.3) is 0 Å². The van der Waals surface area contributed by atoms with Crippen LogP contribution in [0.4, 0.5) is 0 Å². The number of carbonyl (C=O) groups is 1. The van der Waals surface area contributed by atoms with E-state index in [2.05, 4.69) is 34.8 Å². The number of aromatic nitrogens is 2. The number of hydrogen-bond acceptors (Lipinski definition) is 6. The second kappa shape index (κ2) is 8.60. The van der Waals surface area contributed by atoms with Crippen molar-refractivity contribution in [3.05, 3.63) is 45.7 Å². The average Bonchev–Trinajstić information content (AvgIpc) is 3.18. The number of thiophene rings is 1. The SMILES string of the molecule is CCc1cc2c(s1)CCO[C@@]21CCN(CC2CN(C(=O)Cc3ccncn3)C2)[C@@H](C)C1. The molecule has 2 aromatic heterocycles. The van der Waals surface area contributed by atoms with Crippen LogP contribution < -0.4 is 0 Å². The van der Waals surface area contributed by atoms with Crippen LogP contribution in [0.1, 0.15) is 47.7 Å². The number of carbonyl (C=O) groups excluding carboxylic acids is 1. The van der Waals surface area contributed by atoms with Gasteiger partial charge in [0.2, 0.25) is 5.91 Å². The standard InChI is InChI=1S/C24H32N4O2S/c1-3-20-11-21-22(31-20)5-9-30-24(21)6-8-27(17(2)12-24)13-18-14-28(15-18)23(29)10-19-4-7-25-16-26-19/h4,7,11,16-18H,3,5-6,8-10,12-15H2,1-2H3/t17-,24+/m0/s1. The van der Waals surface area contributed by atoms with Crippen LogP contribution in [-0.2, 0) is 34.4 Å². The first-order chi connectivity index (χ1) is 15.1. The third-order valence-corrected chi connectivity index (χ3v) is 8.58. The highest BCUT2D eigenvalue weighted by Gasteiger charge is 2.45. The number of ether oxygens (including phenoxy) is 1. The van der Waals surface area contributed by atoms with Crippen molar-refractivity contribution in [1.29, 1.82) is 0 Å². The van der Waals surface area contributed by atoms with Gasteiger partial charge >= 0.3 is 0 Å². The Morgan fingerprint density at radius 2 is 2.26 bits per heavy atom. The molecule has 31 heavy (non-hydrogen) atoms. The molecule has 6 nitrogen and oxygen atoms in total. The maximum absolute atomic E-state index is 12.5. The number of fused-ring (bicyclic) bond motifs is 2. The summed E-state index contributed by atoms with van der Waals surface area (Å²) in [4.78, 5) is 28.2. The smallest absolute Gasteiger partial charge is 0.228 e. The Hall–Kier alpha value is -1.83. The monoisotopic (exact) mass is 440 g/mol. The summed E-state index contributed by atoms with van der Waals surface area (Å²) in [5.41, 5.74) is 2.20. The third-order valence-electron chi connectivity index (χ3n) is 7.24. The summed E-state index contributed by atoms with van der Waals surface area (Å²) in [6.45, 7) is 9.33. The molecular weight excluding hydrogens is 408 g/mol. The van der Waals surface area contributed by atoms with Gasteiger partial charge in [0.05, 0.1) is 24.3 Å². The number of rotatable bonds is 5. The number of nitrogens with zero attached hydrogens (tertiary/aromatic N) is 4. The second-order valence-electron chi connectivity index (χ2n) is 9.34. The van der Waals surface area contributed by atoms with Gasteiger partial charge < -0.3 is 14.5 Å². The molecular formula is C24H32N4O2S. The molecule has 0 unspecified atom stereocenters. The second-order valence-corrected chi connectivity index (χ2v) is 10.6. The van der Waals surface area contributed by atoms with Gasteiger partial charge in [0.15, 0.2) is 0 Å². The highest BCUT2D eigenvalue weighted by molar-refractivity contribution is 7.12. The van der Waals surface area contributed by atoms with Gasteiger partial charge in [0, 0.05) is 60.5 Å². The molecule has 0 N–H and O–H groups in total. The van der Waals surface area contributed by atoms with Gasteiger partial charge in [0.1, 0.15) is 6.33 Å². The number of amides is 1. The van der Waals surface area contributed by atoms with Gasteiger partial charge in [-0.1, -0.05) is 6.92 Å². The van der Waals surface area contributed by atoms with Gasteiger partial charge in [-0.3, -0.25) is 4.79 Å². The molecule has 5 rings (SSSR count). The number of hydrogen-bond donors (Lipinski definition) is 0. The number of aryl methyl sites for hydroxylation is 1. The minimum absolute atomic E-state index is 0.0768. The highest BCUT2D eigenvalue weighted by Crippen LogP contribution is 2.46. The molecule has 2 saturated heterocycles. The number of likely N-dealkylation sites (tertiary alicyclic amines) is 2. The zero-order valence-electron chi connectivity index (χ0n) is 18.5. The van der Waals surface area contributed by atoms with Gasteiger partial charge in [-0.15, -0.1) is 11.3 Å². The maximum atomic E-state index is 12.5. The normalized spacial score (nSPS) is 26.6. The van der Waals surface area contributed by atoms with E-state index in [-0.39, 0.29) is 11.5 Å². The molecule has 0 radical (unpaired) electrons. The lowest BCUT2D eigenvalue weighted by Gasteiger charge is -2.49. The van der Waals surface area contributed by atoms with Gasteiger partial charge in [-0.05, 0) is 43.9 Å². The summed E-state index contributed by atoms with van der Waals surface area (Å²) < 4.78 is 6.48. The van der Waals surface area contributed by atoms with Crippen molar-refractivity contribution in [3.63, 3.8) is 0 Å². The van der Waals surface area contributed by atoms with Crippen molar-refractivity contribution in [1.82, 2.24) is 19.8 Å². The molecule has 5 heterocycles. The molecule has 2 atom stereocenters. The molecule has 0 aliphatic carbocycles. The zero-order valence-corrected chi connectivity index (χ0v) is 19.4.